The molecule has 0 bridgehead atoms. The van der Waals surface area contributed by atoms with Crippen LogP contribution in [0.5, 0.6) is 0 Å². The molecule has 0 spiro atoms. The maximum atomic E-state index is 5.13. The van der Waals surface area contributed by atoms with Crippen molar-refractivity contribution in [2.45, 2.75) is 44.7 Å². The predicted octanol–water partition coefficient (Wildman–Crippen LogP) is 1.24. The fourth-order valence-corrected chi connectivity index (χ4v) is 2.43. The third-order valence-electron chi connectivity index (χ3n) is 3.63. The Morgan fingerprint density at radius 1 is 1.33 bits per heavy atom. The summed E-state index contributed by atoms with van der Waals surface area (Å²) in [5, 5.41) is 3.52. The van der Waals surface area contributed by atoms with E-state index in [2.05, 4.69) is 17.1 Å². The molecule has 88 valence electrons. The van der Waals surface area contributed by atoms with Gasteiger partial charge < -0.3 is 15.0 Å². The Kier molecular flexibility index (Phi) is 4.42. The van der Waals surface area contributed by atoms with Crippen molar-refractivity contribution < 1.29 is 4.74 Å². The first kappa shape index (κ1) is 11.4. The Morgan fingerprint density at radius 3 is 2.87 bits per heavy atom. The SMILES string of the molecule is CC1CCCCN1CCCNC1COC1. The second kappa shape index (κ2) is 5.83. The van der Waals surface area contributed by atoms with Crippen molar-refractivity contribution in [2.24, 2.45) is 0 Å². The highest BCUT2D eigenvalue weighted by Crippen LogP contribution is 2.16. The monoisotopic (exact) mass is 212 g/mol. The first-order valence-electron chi connectivity index (χ1n) is 6.41. The normalized spacial score (nSPS) is 29.0. The summed E-state index contributed by atoms with van der Waals surface area (Å²) in [6.45, 7) is 7.93. The molecule has 3 nitrogen and oxygen atoms in total. The number of ether oxygens (including phenoxy) is 1. The van der Waals surface area contributed by atoms with Crippen LogP contribution in [0.4, 0.5) is 0 Å². The maximum Gasteiger partial charge on any atom is 0.0643 e. The van der Waals surface area contributed by atoms with Gasteiger partial charge in [0.15, 0.2) is 0 Å². The van der Waals surface area contributed by atoms with Crippen molar-refractivity contribution in [3.63, 3.8) is 0 Å². The third kappa shape index (κ3) is 3.44. The number of likely N-dealkylation sites (tertiary alicyclic amines) is 1. The smallest absolute Gasteiger partial charge is 0.0643 e. The first-order valence-corrected chi connectivity index (χ1v) is 6.41. The molecule has 15 heavy (non-hydrogen) atoms. The van der Waals surface area contributed by atoms with Gasteiger partial charge in [0, 0.05) is 6.04 Å². The Morgan fingerprint density at radius 2 is 2.20 bits per heavy atom. The zero-order valence-electron chi connectivity index (χ0n) is 9.87. The molecule has 0 aromatic carbocycles. The predicted molar refractivity (Wildman–Crippen MR) is 62.1 cm³/mol. The van der Waals surface area contributed by atoms with Gasteiger partial charge in [0.05, 0.1) is 19.3 Å². The highest BCUT2D eigenvalue weighted by atomic mass is 16.5. The molecule has 1 unspecified atom stereocenters. The van der Waals surface area contributed by atoms with E-state index in [0.29, 0.717) is 6.04 Å². The number of nitrogens with one attached hydrogen (secondary N) is 1. The van der Waals surface area contributed by atoms with Gasteiger partial charge in [-0.05, 0) is 45.8 Å². The van der Waals surface area contributed by atoms with Gasteiger partial charge >= 0.3 is 0 Å². The molecule has 2 heterocycles. The van der Waals surface area contributed by atoms with E-state index in [1.165, 1.54) is 38.8 Å². The van der Waals surface area contributed by atoms with E-state index in [1.54, 1.807) is 0 Å². The molecule has 0 amide bonds. The van der Waals surface area contributed by atoms with Crippen LogP contribution in [-0.4, -0.2) is 49.8 Å². The lowest BCUT2D eigenvalue weighted by Crippen LogP contribution is -2.47. The van der Waals surface area contributed by atoms with Crippen LogP contribution in [0.1, 0.15) is 32.6 Å². The zero-order chi connectivity index (χ0) is 10.5. The van der Waals surface area contributed by atoms with Crippen LogP contribution in [-0.2, 0) is 4.74 Å². The molecule has 3 heteroatoms. The second-order valence-electron chi connectivity index (χ2n) is 4.92. The molecule has 2 fully saturated rings. The van der Waals surface area contributed by atoms with Crippen molar-refractivity contribution in [3.05, 3.63) is 0 Å². The highest BCUT2D eigenvalue weighted by molar-refractivity contribution is 4.75. The van der Waals surface area contributed by atoms with Gasteiger partial charge in [-0.2, -0.15) is 0 Å². The lowest BCUT2D eigenvalue weighted by molar-refractivity contribution is -0.00532. The minimum Gasteiger partial charge on any atom is -0.378 e. The van der Waals surface area contributed by atoms with Crippen molar-refractivity contribution in [3.8, 4) is 0 Å². The molecule has 0 radical (unpaired) electrons. The number of hydrogen-bond acceptors (Lipinski definition) is 3. The minimum atomic E-state index is 0.642. The van der Waals surface area contributed by atoms with Crippen LogP contribution in [0, 0.1) is 0 Å². The summed E-state index contributed by atoms with van der Waals surface area (Å²) in [6, 6.07) is 1.45. The van der Waals surface area contributed by atoms with E-state index in [-0.39, 0.29) is 0 Å². The molecule has 1 N–H and O–H groups in total. The number of nitrogens with zero attached hydrogens (tertiary/aromatic N) is 1. The fourth-order valence-electron chi connectivity index (χ4n) is 2.43. The number of hydrogen-bond donors (Lipinski definition) is 1. The lowest BCUT2D eigenvalue weighted by Gasteiger charge is -2.33. The van der Waals surface area contributed by atoms with Gasteiger partial charge in [0.25, 0.3) is 0 Å². The quantitative estimate of drug-likeness (QED) is 0.694. The Labute approximate surface area is 93.2 Å². The summed E-state index contributed by atoms with van der Waals surface area (Å²) in [7, 11) is 0. The minimum absolute atomic E-state index is 0.642. The van der Waals surface area contributed by atoms with E-state index in [9.17, 15) is 0 Å². The summed E-state index contributed by atoms with van der Waals surface area (Å²) < 4.78 is 5.13. The van der Waals surface area contributed by atoms with Gasteiger partial charge in [-0.15, -0.1) is 0 Å². The third-order valence-corrected chi connectivity index (χ3v) is 3.63. The first-order chi connectivity index (χ1) is 7.36. The van der Waals surface area contributed by atoms with Crippen LogP contribution >= 0.6 is 0 Å². The summed E-state index contributed by atoms with van der Waals surface area (Å²) >= 11 is 0. The maximum absolute atomic E-state index is 5.13. The molecule has 0 aromatic rings. The molecule has 1 atom stereocenters. The molecule has 2 aliphatic heterocycles. The van der Waals surface area contributed by atoms with Gasteiger partial charge in [-0.25, -0.2) is 0 Å². The fraction of sp³-hybridized carbons (Fsp3) is 1.00. The summed E-state index contributed by atoms with van der Waals surface area (Å²) in [4.78, 5) is 2.64. The van der Waals surface area contributed by atoms with Crippen molar-refractivity contribution >= 4 is 0 Å². The Balaban J connectivity index is 1.52. The van der Waals surface area contributed by atoms with E-state index in [1.807, 2.05) is 0 Å². The van der Waals surface area contributed by atoms with Crippen LogP contribution in [0.15, 0.2) is 0 Å². The molecule has 0 aliphatic carbocycles. The van der Waals surface area contributed by atoms with Crippen LogP contribution in [0.25, 0.3) is 0 Å². The largest absolute Gasteiger partial charge is 0.378 e. The number of rotatable bonds is 5. The average Bonchev–Trinajstić information content (AvgIpc) is 2.17. The standard InChI is InChI=1S/C12H24N2O/c1-11-5-2-3-7-14(11)8-4-6-13-12-9-15-10-12/h11-13H,2-10H2,1H3. The molecule has 2 rings (SSSR count). The van der Waals surface area contributed by atoms with Gasteiger partial charge in [0.2, 0.25) is 0 Å². The van der Waals surface area contributed by atoms with Crippen LogP contribution < -0.4 is 5.32 Å². The molecule has 0 saturated carbocycles. The molecule has 2 aliphatic rings. The Bertz CT molecular complexity index is 182. The number of piperidine rings is 1. The average molecular weight is 212 g/mol. The molecule has 2 saturated heterocycles. The van der Waals surface area contributed by atoms with Gasteiger partial charge in [0.1, 0.15) is 0 Å². The van der Waals surface area contributed by atoms with E-state index >= 15 is 0 Å². The summed E-state index contributed by atoms with van der Waals surface area (Å²) in [5.74, 6) is 0. The topological polar surface area (TPSA) is 24.5 Å². The van der Waals surface area contributed by atoms with Crippen LogP contribution in [0.2, 0.25) is 0 Å². The van der Waals surface area contributed by atoms with E-state index in [4.69, 9.17) is 4.74 Å². The van der Waals surface area contributed by atoms with Gasteiger partial charge in [-0.1, -0.05) is 6.42 Å². The van der Waals surface area contributed by atoms with Gasteiger partial charge in [-0.3, -0.25) is 0 Å². The van der Waals surface area contributed by atoms with Crippen molar-refractivity contribution in [1.82, 2.24) is 10.2 Å². The zero-order valence-corrected chi connectivity index (χ0v) is 9.87. The Hall–Kier alpha value is -0.120. The summed E-state index contributed by atoms with van der Waals surface area (Å²) in [5.41, 5.74) is 0. The highest BCUT2D eigenvalue weighted by Gasteiger charge is 2.19. The lowest BCUT2D eigenvalue weighted by atomic mass is 10.0. The second-order valence-corrected chi connectivity index (χ2v) is 4.92. The van der Waals surface area contributed by atoms with Crippen LogP contribution in [0.3, 0.4) is 0 Å². The van der Waals surface area contributed by atoms with E-state index in [0.717, 1.165) is 25.8 Å². The van der Waals surface area contributed by atoms with Crippen molar-refractivity contribution in [2.75, 3.05) is 32.8 Å². The summed E-state index contributed by atoms with van der Waals surface area (Å²) in [6.07, 6.45) is 5.49. The van der Waals surface area contributed by atoms with Crippen molar-refractivity contribution in [1.29, 1.82) is 0 Å². The molecule has 0 aromatic heterocycles. The molecular formula is C12H24N2O. The van der Waals surface area contributed by atoms with E-state index < -0.39 is 0 Å². The molecular weight excluding hydrogens is 188 g/mol.